The minimum atomic E-state index is -1.36. The Morgan fingerprint density at radius 3 is 2.84 bits per heavy atom. The maximum atomic E-state index is 13.2. The van der Waals surface area contributed by atoms with Crippen molar-refractivity contribution < 1.29 is 14.3 Å². The second kappa shape index (κ2) is 8.52. The molecule has 2 aliphatic heterocycles. The Morgan fingerprint density at radius 1 is 1.41 bits per heavy atom. The molecule has 2 atom stereocenters. The lowest BCUT2D eigenvalue weighted by Crippen LogP contribution is -2.50. The first-order valence-electron chi connectivity index (χ1n) is 11.2. The van der Waals surface area contributed by atoms with Crippen LogP contribution in [0.4, 0.5) is 4.79 Å². The lowest BCUT2D eigenvalue weighted by atomic mass is 9.81. The molecule has 4 heterocycles. The van der Waals surface area contributed by atoms with Crippen molar-refractivity contribution in [3.05, 3.63) is 32.2 Å². The van der Waals surface area contributed by atoms with E-state index >= 15 is 0 Å². The number of hydrogen-bond acceptors (Lipinski definition) is 6. The highest BCUT2D eigenvalue weighted by molar-refractivity contribution is 9.11. The number of carbonyl (C=O) groups excluding carboxylic acids is 1. The summed E-state index contributed by atoms with van der Waals surface area (Å²) in [5.41, 5.74) is 1.19. The first-order chi connectivity index (χ1) is 14.9. The summed E-state index contributed by atoms with van der Waals surface area (Å²) in [7, 11) is -1.36. The van der Waals surface area contributed by atoms with Gasteiger partial charge >= 0.3 is 6.09 Å². The van der Waals surface area contributed by atoms with E-state index in [1.165, 1.54) is 10.4 Å². The van der Waals surface area contributed by atoms with Crippen LogP contribution in [0, 0.1) is 0 Å². The summed E-state index contributed by atoms with van der Waals surface area (Å²) in [4.78, 5) is 16.3. The number of piperidine rings is 1. The van der Waals surface area contributed by atoms with Gasteiger partial charge in [-0.3, -0.25) is 9.58 Å². The molecule has 10 heteroatoms. The van der Waals surface area contributed by atoms with Gasteiger partial charge in [-0.05, 0) is 61.2 Å². The van der Waals surface area contributed by atoms with Gasteiger partial charge in [0, 0.05) is 24.0 Å². The molecule has 0 aromatic carbocycles. The molecular weight excluding hydrogens is 508 g/mol. The quantitative estimate of drug-likeness (QED) is 0.479. The molecule has 0 bridgehead atoms. The van der Waals surface area contributed by atoms with Crippen LogP contribution in [0.2, 0.25) is 19.6 Å². The van der Waals surface area contributed by atoms with Gasteiger partial charge in [-0.2, -0.15) is 0 Å². The molecule has 176 valence electrons. The number of aromatic nitrogens is 3. The minimum Gasteiger partial charge on any atom is -0.444 e. The normalized spacial score (nSPS) is 24.0. The molecule has 1 amide bonds. The summed E-state index contributed by atoms with van der Waals surface area (Å²) in [6.45, 7) is 13.9. The van der Waals surface area contributed by atoms with E-state index in [9.17, 15) is 4.79 Å². The number of likely N-dealkylation sites (tertiary alicyclic amines) is 1. The average Bonchev–Trinajstić information content (AvgIpc) is 3.25. The van der Waals surface area contributed by atoms with Crippen LogP contribution in [0.3, 0.4) is 0 Å². The highest BCUT2D eigenvalue weighted by atomic mass is 79.9. The minimum absolute atomic E-state index is 0.249. The van der Waals surface area contributed by atoms with Gasteiger partial charge in [0.05, 0.1) is 30.7 Å². The van der Waals surface area contributed by atoms with Crippen molar-refractivity contribution in [1.82, 2.24) is 19.9 Å². The third kappa shape index (κ3) is 5.13. The number of hydrogen-bond donors (Lipinski definition) is 0. The maximum Gasteiger partial charge on any atom is 0.410 e. The number of ether oxygens (including phenoxy) is 2. The number of rotatable bonds is 3. The van der Waals surface area contributed by atoms with E-state index < -0.39 is 19.3 Å². The molecule has 4 rings (SSSR count). The molecule has 0 radical (unpaired) electrons. The van der Waals surface area contributed by atoms with Gasteiger partial charge in [0.1, 0.15) is 16.9 Å². The van der Waals surface area contributed by atoms with Crippen molar-refractivity contribution in [3.63, 3.8) is 0 Å². The van der Waals surface area contributed by atoms with Crippen molar-refractivity contribution in [3.8, 4) is 0 Å². The topological polar surface area (TPSA) is 69.5 Å². The Hall–Kier alpha value is -1.23. The molecule has 0 N–H and O–H groups in total. The van der Waals surface area contributed by atoms with Gasteiger partial charge in [-0.15, -0.1) is 16.4 Å². The highest BCUT2D eigenvalue weighted by Crippen LogP contribution is 2.51. The number of fused-ring (bicyclic) bond motifs is 2. The molecular formula is C22H33BrN4O3SSi. The molecule has 2 aromatic heterocycles. The van der Waals surface area contributed by atoms with Gasteiger partial charge in [0.15, 0.2) is 0 Å². The second-order valence-corrected chi connectivity index (χ2v) is 18.9. The molecule has 0 aliphatic carbocycles. The lowest BCUT2D eigenvalue weighted by Gasteiger charge is -2.47. The van der Waals surface area contributed by atoms with Gasteiger partial charge in [0.25, 0.3) is 0 Å². The molecule has 1 unspecified atom stereocenters. The van der Waals surface area contributed by atoms with Crippen molar-refractivity contribution in [2.75, 3.05) is 13.2 Å². The van der Waals surface area contributed by atoms with Crippen molar-refractivity contribution >= 4 is 41.4 Å². The monoisotopic (exact) mass is 540 g/mol. The number of thiophene rings is 1. The molecule has 2 aliphatic rings. The summed E-state index contributed by atoms with van der Waals surface area (Å²) >= 11 is 5.41. The van der Waals surface area contributed by atoms with E-state index in [2.05, 4.69) is 51.9 Å². The SMILES string of the molecule is CC(C)(C)OC(=O)N1CCC2(C[C@H]1c1cn(C[Si](C)(C)C)nn1)OCCc1cc(Br)sc12. The van der Waals surface area contributed by atoms with Gasteiger partial charge in [0.2, 0.25) is 0 Å². The summed E-state index contributed by atoms with van der Waals surface area (Å²) in [5, 5.41) is 8.92. The zero-order valence-corrected chi connectivity index (χ0v) is 23.2. The Morgan fingerprint density at radius 2 is 2.16 bits per heavy atom. The fourth-order valence-electron chi connectivity index (χ4n) is 4.54. The van der Waals surface area contributed by atoms with Gasteiger partial charge < -0.3 is 9.47 Å². The van der Waals surface area contributed by atoms with Gasteiger partial charge in [-0.1, -0.05) is 24.9 Å². The lowest BCUT2D eigenvalue weighted by molar-refractivity contribution is -0.112. The number of halogens is 1. The summed E-state index contributed by atoms with van der Waals surface area (Å²) in [5.74, 6) is 0. The van der Waals surface area contributed by atoms with E-state index in [-0.39, 0.29) is 12.1 Å². The van der Waals surface area contributed by atoms with Crippen LogP contribution in [0.5, 0.6) is 0 Å². The molecule has 1 saturated heterocycles. The maximum absolute atomic E-state index is 13.2. The second-order valence-electron chi connectivity index (χ2n) is 11.0. The van der Waals surface area contributed by atoms with Crippen molar-refractivity contribution in [1.29, 1.82) is 0 Å². The van der Waals surface area contributed by atoms with Crippen LogP contribution < -0.4 is 0 Å². The fourth-order valence-corrected chi connectivity index (χ4v) is 7.55. The molecule has 2 aromatic rings. The molecule has 7 nitrogen and oxygen atoms in total. The first kappa shape index (κ1) is 23.9. The largest absolute Gasteiger partial charge is 0.444 e. The molecule has 1 fully saturated rings. The summed E-state index contributed by atoms with van der Waals surface area (Å²) in [6, 6.07) is 1.96. The van der Waals surface area contributed by atoms with Crippen LogP contribution in [0.15, 0.2) is 16.0 Å². The fraction of sp³-hybridized carbons (Fsp3) is 0.682. The van der Waals surface area contributed by atoms with E-state index in [4.69, 9.17) is 9.47 Å². The molecule has 32 heavy (non-hydrogen) atoms. The van der Waals surface area contributed by atoms with Crippen LogP contribution in [-0.2, 0) is 27.7 Å². The Bertz CT molecular complexity index is 996. The van der Waals surface area contributed by atoms with E-state index in [1.807, 2.05) is 36.5 Å². The van der Waals surface area contributed by atoms with E-state index in [1.54, 1.807) is 11.3 Å². The van der Waals surface area contributed by atoms with Crippen LogP contribution in [0.1, 0.15) is 55.8 Å². The molecule has 0 saturated carbocycles. The zero-order valence-electron chi connectivity index (χ0n) is 19.8. The van der Waals surface area contributed by atoms with E-state index in [0.29, 0.717) is 19.6 Å². The van der Waals surface area contributed by atoms with Crippen molar-refractivity contribution in [2.45, 2.75) is 83.1 Å². The third-order valence-electron chi connectivity index (χ3n) is 5.76. The third-order valence-corrected chi connectivity index (χ3v) is 8.90. The smallest absolute Gasteiger partial charge is 0.410 e. The number of amides is 1. The van der Waals surface area contributed by atoms with Crippen molar-refractivity contribution in [2.24, 2.45) is 0 Å². The van der Waals surface area contributed by atoms with Crippen LogP contribution in [0.25, 0.3) is 0 Å². The predicted molar refractivity (Wildman–Crippen MR) is 132 cm³/mol. The summed E-state index contributed by atoms with van der Waals surface area (Å²) in [6.07, 6.45) is 4.91. The zero-order chi connectivity index (χ0) is 23.3. The average molecular weight is 542 g/mol. The Labute approximate surface area is 203 Å². The van der Waals surface area contributed by atoms with Gasteiger partial charge in [-0.25, -0.2) is 4.79 Å². The number of carbonyl (C=O) groups is 1. The highest BCUT2D eigenvalue weighted by Gasteiger charge is 2.49. The Kier molecular flexibility index (Phi) is 6.37. The standard InChI is InChI=1S/C22H33BrN4O3SSi/c1-21(2,3)30-20(28)27-9-8-22(19-15(7-10-29-22)11-18(23)31-19)12-17(27)16-13-26(25-24-16)14-32(4,5)6/h11,13,17H,7-10,12,14H2,1-6H3/t17-,22?/m0/s1. The summed E-state index contributed by atoms with van der Waals surface area (Å²) < 4.78 is 15.3. The van der Waals surface area contributed by atoms with Crippen LogP contribution >= 0.6 is 27.3 Å². The predicted octanol–water partition coefficient (Wildman–Crippen LogP) is 5.52. The Balaban J connectivity index is 1.68. The van der Waals surface area contributed by atoms with Crippen LogP contribution in [-0.4, -0.2) is 52.8 Å². The number of nitrogens with zero attached hydrogens (tertiary/aromatic N) is 4. The first-order valence-corrected chi connectivity index (χ1v) is 16.5. The van der Waals surface area contributed by atoms with E-state index in [0.717, 1.165) is 28.5 Å². The molecule has 1 spiro atoms.